The SMILES string of the molecule is OC(=Cc1ccccc1)C(O)C(O)C(O)C(O)C(=Cc1ccccc1)OCCl. The summed E-state index contributed by atoms with van der Waals surface area (Å²) in [5.74, 6) is -0.650. The highest BCUT2D eigenvalue weighted by molar-refractivity contribution is 6.17. The highest BCUT2D eigenvalue weighted by Gasteiger charge is 2.35. The quantitative estimate of drug-likeness (QED) is 0.323. The molecule has 5 N–H and O–H groups in total. The molecule has 28 heavy (non-hydrogen) atoms. The first-order valence-electron chi connectivity index (χ1n) is 8.57. The zero-order valence-electron chi connectivity index (χ0n) is 15.0. The Labute approximate surface area is 168 Å². The minimum atomic E-state index is -1.88. The number of hydrogen-bond acceptors (Lipinski definition) is 6. The predicted octanol–water partition coefficient (Wildman–Crippen LogP) is 2.28. The first-order chi connectivity index (χ1) is 13.4. The molecule has 0 aromatic heterocycles. The van der Waals surface area contributed by atoms with Gasteiger partial charge in [0, 0.05) is 0 Å². The van der Waals surface area contributed by atoms with Crippen LogP contribution in [0.2, 0.25) is 0 Å². The summed E-state index contributed by atoms with van der Waals surface area (Å²) in [6.07, 6.45) is -4.53. The van der Waals surface area contributed by atoms with E-state index in [1.54, 1.807) is 54.6 Å². The highest BCUT2D eigenvalue weighted by Crippen LogP contribution is 2.20. The summed E-state index contributed by atoms with van der Waals surface area (Å²) in [4.78, 5) is 0. The van der Waals surface area contributed by atoms with E-state index in [0.29, 0.717) is 11.1 Å². The lowest BCUT2D eigenvalue weighted by Crippen LogP contribution is -2.46. The van der Waals surface area contributed by atoms with Crippen molar-refractivity contribution in [1.29, 1.82) is 0 Å². The van der Waals surface area contributed by atoms with Gasteiger partial charge in [-0.1, -0.05) is 72.3 Å². The van der Waals surface area contributed by atoms with Crippen LogP contribution in [0.4, 0.5) is 0 Å². The molecule has 2 rings (SSSR count). The Bertz CT molecular complexity index is 778. The van der Waals surface area contributed by atoms with Crippen molar-refractivity contribution in [1.82, 2.24) is 0 Å². The second-order valence-electron chi connectivity index (χ2n) is 6.06. The van der Waals surface area contributed by atoms with Gasteiger partial charge in [-0.2, -0.15) is 0 Å². The van der Waals surface area contributed by atoms with E-state index in [1.807, 2.05) is 6.07 Å². The molecule has 0 aliphatic carbocycles. The molecule has 2 aromatic carbocycles. The third kappa shape index (κ3) is 6.09. The Balaban J connectivity index is 2.15. The summed E-state index contributed by atoms with van der Waals surface area (Å²) < 4.78 is 5.16. The summed E-state index contributed by atoms with van der Waals surface area (Å²) in [7, 11) is 0. The number of alkyl halides is 1. The van der Waals surface area contributed by atoms with Gasteiger partial charge >= 0.3 is 0 Å². The van der Waals surface area contributed by atoms with Crippen LogP contribution >= 0.6 is 11.6 Å². The molecule has 0 saturated carbocycles. The van der Waals surface area contributed by atoms with Crippen molar-refractivity contribution in [2.75, 3.05) is 6.07 Å². The molecule has 0 bridgehead atoms. The smallest absolute Gasteiger partial charge is 0.161 e. The van der Waals surface area contributed by atoms with Crippen molar-refractivity contribution in [2.24, 2.45) is 0 Å². The van der Waals surface area contributed by atoms with Crippen LogP contribution in [0.1, 0.15) is 11.1 Å². The molecular formula is C21H23ClO6. The van der Waals surface area contributed by atoms with Crippen LogP contribution in [-0.2, 0) is 4.74 Å². The molecule has 7 heteroatoms. The van der Waals surface area contributed by atoms with E-state index in [9.17, 15) is 25.5 Å². The first kappa shape index (κ1) is 21.9. The first-order valence-corrected chi connectivity index (χ1v) is 9.10. The Morgan fingerprint density at radius 3 is 1.75 bits per heavy atom. The van der Waals surface area contributed by atoms with Crippen LogP contribution in [0.15, 0.2) is 72.2 Å². The van der Waals surface area contributed by atoms with Crippen LogP contribution in [0.3, 0.4) is 0 Å². The average Bonchev–Trinajstić information content (AvgIpc) is 2.72. The summed E-state index contributed by atoms with van der Waals surface area (Å²) in [5.41, 5.74) is 1.27. The van der Waals surface area contributed by atoms with Crippen molar-refractivity contribution in [3.05, 3.63) is 83.3 Å². The maximum absolute atomic E-state index is 10.4. The Morgan fingerprint density at radius 2 is 1.25 bits per heavy atom. The standard InChI is InChI=1S/C21H23ClO6/c22-13-28-17(12-15-9-5-2-6-10-15)19(25)21(27)20(26)18(24)16(23)11-14-7-3-1-4-8-14/h1-12,18-21,23-27H,13H2. The van der Waals surface area contributed by atoms with E-state index in [-0.39, 0.29) is 11.8 Å². The zero-order valence-corrected chi connectivity index (χ0v) is 15.7. The molecule has 0 aliphatic heterocycles. The molecule has 0 heterocycles. The monoisotopic (exact) mass is 406 g/mol. The fraction of sp³-hybridized carbons (Fsp3) is 0.238. The molecular weight excluding hydrogens is 384 g/mol. The van der Waals surface area contributed by atoms with Crippen molar-refractivity contribution >= 4 is 23.8 Å². The molecule has 0 radical (unpaired) electrons. The van der Waals surface area contributed by atoms with E-state index in [2.05, 4.69) is 0 Å². The maximum atomic E-state index is 10.4. The lowest BCUT2D eigenvalue weighted by molar-refractivity contribution is -0.102. The van der Waals surface area contributed by atoms with Crippen LogP contribution in [0, 0.1) is 0 Å². The van der Waals surface area contributed by atoms with Gasteiger partial charge in [-0.3, -0.25) is 0 Å². The molecule has 0 saturated heterocycles. The third-order valence-corrected chi connectivity index (χ3v) is 4.14. The number of rotatable bonds is 9. The van der Waals surface area contributed by atoms with Crippen LogP contribution in [-0.4, -0.2) is 56.0 Å². The molecule has 0 aliphatic rings. The van der Waals surface area contributed by atoms with Gasteiger partial charge in [0.15, 0.2) is 6.07 Å². The van der Waals surface area contributed by atoms with Crippen molar-refractivity contribution < 1.29 is 30.3 Å². The molecule has 4 atom stereocenters. The van der Waals surface area contributed by atoms with Crippen LogP contribution in [0.5, 0.6) is 0 Å². The number of hydrogen-bond donors (Lipinski definition) is 5. The van der Waals surface area contributed by atoms with Crippen LogP contribution < -0.4 is 0 Å². The topological polar surface area (TPSA) is 110 Å². The largest absolute Gasteiger partial charge is 0.509 e. The minimum absolute atomic E-state index is 0.0912. The van der Waals surface area contributed by atoms with Gasteiger partial charge in [-0.15, -0.1) is 0 Å². The highest BCUT2D eigenvalue weighted by atomic mass is 35.5. The zero-order chi connectivity index (χ0) is 20.5. The molecule has 6 nitrogen and oxygen atoms in total. The van der Waals surface area contributed by atoms with Crippen LogP contribution in [0.25, 0.3) is 12.2 Å². The Morgan fingerprint density at radius 1 is 0.786 bits per heavy atom. The summed E-state index contributed by atoms with van der Waals surface area (Å²) in [6, 6.07) is 17.2. The molecule has 0 amide bonds. The number of halogens is 1. The van der Waals surface area contributed by atoms with Crippen molar-refractivity contribution in [3.8, 4) is 0 Å². The van der Waals surface area contributed by atoms with E-state index >= 15 is 0 Å². The summed E-state index contributed by atoms with van der Waals surface area (Å²) >= 11 is 5.58. The fourth-order valence-electron chi connectivity index (χ4n) is 2.51. The van der Waals surface area contributed by atoms with Crippen molar-refractivity contribution in [3.63, 3.8) is 0 Å². The molecule has 2 aromatic rings. The second kappa shape index (κ2) is 10.8. The Hall–Kier alpha value is -2.35. The normalized spacial score (nSPS) is 16.9. The number of aliphatic hydroxyl groups excluding tert-OH is 5. The summed E-state index contributed by atoms with van der Waals surface area (Å²) in [5, 5.41) is 51.1. The average molecular weight is 407 g/mol. The molecule has 4 unspecified atom stereocenters. The number of benzene rings is 2. The minimum Gasteiger partial charge on any atom is -0.509 e. The van der Waals surface area contributed by atoms with E-state index in [1.165, 1.54) is 12.2 Å². The predicted molar refractivity (Wildman–Crippen MR) is 107 cm³/mol. The molecule has 150 valence electrons. The van der Waals surface area contributed by atoms with Gasteiger partial charge in [-0.05, 0) is 23.3 Å². The Kier molecular flexibility index (Phi) is 8.50. The van der Waals surface area contributed by atoms with Gasteiger partial charge < -0.3 is 30.3 Å². The van der Waals surface area contributed by atoms with Crippen molar-refractivity contribution in [2.45, 2.75) is 24.4 Å². The molecule has 0 fully saturated rings. The van der Waals surface area contributed by atoms with E-state index < -0.39 is 30.2 Å². The second-order valence-corrected chi connectivity index (χ2v) is 6.28. The van der Waals surface area contributed by atoms with Gasteiger partial charge in [0.2, 0.25) is 0 Å². The van der Waals surface area contributed by atoms with E-state index in [0.717, 1.165) is 0 Å². The number of ether oxygens (including phenoxy) is 1. The lowest BCUT2D eigenvalue weighted by Gasteiger charge is -2.27. The van der Waals surface area contributed by atoms with Gasteiger partial charge in [0.25, 0.3) is 0 Å². The fourth-order valence-corrected chi connectivity index (χ4v) is 2.64. The van der Waals surface area contributed by atoms with E-state index in [4.69, 9.17) is 16.3 Å². The van der Waals surface area contributed by atoms with Gasteiger partial charge in [-0.25, -0.2) is 0 Å². The number of aliphatic hydroxyl groups is 5. The lowest BCUT2D eigenvalue weighted by atomic mass is 9.98. The summed E-state index contributed by atoms with van der Waals surface area (Å²) in [6.45, 7) is 0. The maximum Gasteiger partial charge on any atom is 0.161 e. The van der Waals surface area contributed by atoms with Gasteiger partial charge in [0.05, 0.1) is 0 Å². The molecule has 0 spiro atoms. The third-order valence-electron chi connectivity index (χ3n) is 4.04. The van der Waals surface area contributed by atoms with Gasteiger partial charge in [0.1, 0.15) is 35.9 Å².